The molecule has 0 bridgehead atoms. The maximum absolute atomic E-state index is 5.91. The van der Waals surface area contributed by atoms with E-state index in [0.29, 0.717) is 25.7 Å². The van der Waals surface area contributed by atoms with Crippen LogP contribution in [0, 0.1) is 0 Å². The topological polar surface area (TPSA) is 40.0 Å². The summed E-state index contributed by atoms with van der Waals surface area (Å²) in [5.74, 6) is 0.644. The van der Waals surface area contributed by atoms with Gasteiger partial charge >= 0.3 is 0 Å². The third-order valence-electron chi connectivity index (χ3n) is 3.06. The van der Waals surface area contributed by atoms with Crippen molar-refractivity contribution in [3.8, 4) is 0 Å². The molecule has 4 heteroatoms. The van der Waals surface area contributed by atoms with Crippen LogP contribution in [0.1, 0.15) is 18.6 Å². The number of allylic oxidation sites excluding steroid dienone is 1. The van der Waals surface area contributed by atoms with Gasteiger partial charge in [-0.2, -0.15) is 0 Å². The summed E-state index contributed by atoms with van der Waals surface area (Å²) in [5.41, 5.74) is 1.11. The van der Waals surface area contributed by atoms with Crippen molar-refractivity contribution in [1.82, 2.24) is 0 Å². The van der Waals surface area contributed by atoms with E-state index in [2.05, 4.69) is 4.99 Å². The average Bonchev–Trinajstić information content (AvgIpc) is 2.88. The minimum absolute atomic E-state index is 0.0114. The molecule has 0 aromatic heterocycles. The number of hydrogen-bond donors (Lipinski definition) is 0. The van der Waals surface area contributed by atoms with Crippen molar-refractivity contribution in [2.45, 2.75) is 19.1 Å². The van der Waals surface area contributed by atoms with E-state index in [0.717, 1.165) is 5.56 Å². The molecule has 1 aliphatic rings. The second-order valence-electron chi connectivity index (χ2n) is 4.58. The summed E-state index contributed by atoms with van der Waals surface area (Å²) in [4.78, 5) is 4.55. The quantitative estimate of drug-likeness (QED) is 0.567. The fourth-order valence-corrected chi connectivity index (χ4v) is 2.12. The molecule has 1 aromatic carbocycles. The largest absolute Gasteiger partial charge is 0.469 e. The molecule has 0 aliphatic carbocycles. The van der Waals surface area contributed by atoms with Crippen LogP contribution < -0.4 is 0 Å². The Hall–Kier alpha value is -1.65. The number of methoxy groups -OCH3 is 1. The van der Waals surface area contributed by atoms with Crippen molar-refractivity contribution < 1.29 is 14.2 Å². The van der Waals surface area contributed by atoms with Crippen LogP contribution in [0.4, 0.5) is 0 Å². The first-order chi connectivity index (χ1) is 9.85. The lowest BCUT2D eigenvalue weighted by atomic mass is 10.0. The van der Waals surface area contributed by atoms with Crippen molar-refractivity contribution in [3.63, 3.8) is 0 Å². The van der Waals surface area contributed by atoms with Crippen molar-refractivity contribution in [1.29, 1.82) is 0 Å². The number of ether oxygens (including phenoxy) is 3. The minimum atomic E-state index is -0.0866. The molecule has 20 heavy (non-hydrogen) atoms. The van der Waals surface area contributed by atoms with Gasteiger partial charge < -0.3 is 14.2 Å². The molecule has 0 unspecified atom stereocenters. The van der Waals surface area contributed by atoms with Crippen LogP contribution in [0.2, 0.25) is 0 Å². The van der Waals surface area contributed by atoms with Gasteiger partial charge in [0.1, 0.15) is 18.8 Å². The summed E-state index contributed by atoms with van der Waals surface area (Å²) in [6, 6.07) is 10.1. The Morgan fingerprint density at radius 1 is 1.30 bits per heavy atom. The zero-order valence-electron chi connectivity index (χ0n) is 12.0. The zero-order chi connectivity index (χ0) is 14.2. The molecule has 0 spiro atoms. The normalized spacial score (nSPS) is 22.0. The maximum atomic E-state index is 5.91. The highest BCUT2D eigenvalue weighted by Crippen LogP contribution is 2.29. The van der Waals surface area contributed by atoms with Gasteiger partial charge in [-0.3, -0.25) is 0 Å². The van der Waals surface area contributed by atoms with Gasteiger partial charge in [0.05, 0.1) is 13.2 Å². The van der Waals surface area contributed by atoms with Gasteiger partial charge in [-0.1, -0.05) is 42.5 Å². The zero-order valence-corrected chi connectivity index (χ0v) is 12.0. The predicted octanol–water partition coefficient (Wildman–Crippen LogP) is 2.76. The van der Waals surface area contributed by atoms with Crippen molar-refractivity contribution in [3.05, 3.63) is 48.0 Å². The fourth-order valence-electron chi connectivity index (χ4n) is 2.12. The molecular weight excluding hydrogens is 254 g/mol. The molecule has 0 amide bonds. The van der Waals surface area contributed by atoms with E-state index in [1.165, 1.54) is 0 Å². The summed E-state index contributed by atoms with van der Waals surface area (Å²) in [7, 11) is 1.68. The summed E-state index contributed by atoms with van der Waals surface area (Å²) in [6.45, 7) is 3.47. The lowest BCUT2D eigenvalue weighted by Gasteiger charge is -2.17. The highest BCUT2D eigenvalue weighted by molar-refractivity contribution is 5.79. The van der Waals surface area contributed by atoms with Crippen LogP contribution >= 0.6 is 0 Å². The molecule has 1 aliphatic heterocycles. The summed E-state index contributed by atoms with van der Waals surface area (Å²) < 4.78 is 16.6. The van der Waals surface area contributed by atoms with E-state index in [1.54, 1.807) is 7.11 Å². The maximum Gasteiger partial charge on any atom is 0.211 e. The van der Waals surface area contributed by atoms with Gasteiger partial charge in [-0.15, -0.1) is 0 Å². The third kappa shape index (κ3) is 3.92. The Kier molecular flexibility index (Phi) is 5.77. The molecule has 108 valence electrons. The number of hydrogen-bond acceptors (Lipinski definition) is 4. The highest BCUT2D eigenvalue weighted by atomic mass is 16.5. The van der Waals surface area contributed by atoms with Crippen LogP contribution in [-0.2, 0) is 14.2 Å². The lowest BCUT2D eigenvalue weighted by molar-refractivity contribution is 0.110. The highest BCUT2D eigenvalue weighted by Gasteiger charge is 2.32. The van der Waals surface area contributed by atoms with Crippen LogP contribution in [0.3, 0.4) is 0 Å². The smallest absolute Gasteiger partial charge is 0.211 e. The van der Waals surface area contributed by atoms with E-state index in [9.17, 15) is 0 Å². The van der Waals surface area contributed by atoms with Crippen LogP contribution in [0.25, 0.3) is 0 Å². The van der Waals surface area contributed by atoms with E-state index in [4.69, 9.17) is 14.2 Å². The SMILES string of the molecule is C/C=C/COCC1=N[C@@H](COC)[C@H](c2ccccc2)O1. The molecule has 4 nitrogen and oxygen atoms in total. The molecule has 0 saturated heterocycles. The Morgan fingerprint density at radius 2 is 2.10 bits per heavy atom. The average molecular weight is 275 g/mol. The fraction of sp³-hybridized carbons (Fsp3) is 0.438. The molecule has 2 rings (SSSR count). The molecule has 0 radical (unpaired) electrons. The third-order valence-corrected chi connectivity index (χ3v) is 3.06. The van der Waals surface area contributed by atoms with Crippen molar-refractivity contribution in [2.24, 2.45) is 4.99 Å². The van der Waals surface area contributed by atoms with Gasteiger partial charge in [0, 0.05) is 7.11 Å². The van der Waals surface area contributed by atoms with Crippen LogP contribution in [0.15, 0.2) is 47.5 Å². The van der Waals surface area contributed by atoms with Gasteiger partial charge in [0.25, 0.3) is 0 Å². The monoisotopic (exact) mass is 275 g/mol. The summed E-state index contributed by atoms with van der Waals surface area (Å²) >= 11 is 0. The van der Waals surface area contributed by atoms with Crippen LogP contribution in [-0.4, -0.2) is 38.9 Å². The van der Waals surface area contributed by atoms with Crippen molar-refractivity contribution >= 4 is 5.90 Å². The second-order valence-corrected chi connectivity index (χ2v) is 4.58. The summed E-state index contributed by atoms with van der Waals surface area (Å²) in [6.07, 6.45) is 3.82. The van der Waals surface area contributed by atoms with Gasteiger partial charge in [-0.05, 0) is 12.5 Å². The van der Waals surface area contributed by atoms with E-state index < -0.39 is 0 Å². The first-order valence-electron chi connectivity index (χ1n) is 6.81. The Labute approximate surface area is 120 Å². The Balaban J connectivity index is 1.97. The lowest BCUT2D eigenvalue weighted by Crippen LogP contribution is -2.19. The number of benzene rings is 1. The van der Waals surface area contributed by atoms with Gasteiger partial charge in [-0.25, -0.2) is 4.99 Å². The van der Waals surface area contributed by atoms with Gasteiger partial charge in [0.15, 0.2) is 0 Å². The predicted molar refractivity (Wildman–Crippen MR) is 79.0 cm³/mol. The Bertz CT molecular complexity index is 456. The van der Waals surface area contributed by atoms with E-state index in [-0.39, 0.29) is 12.1 Å². The molecular formula is C16H21NO3. The molecule has 2 atom stereocenters. The van der Waals surface area contributed by atoms with Gasteiger partial charge in [0.2, 0.25) is 5.90 Å². The molecule has 0 N–H and O–H groups in total. The van der Waals surface area contributed by atoms with E-state index in [1.807, 2.05) is 49.4 Å². The number of aliphatic imine (C=N–C) groups is 1. The Morgan fingerprint density at radius 3 is 2.80 bits per heavy atom. The molecule has 0 fully saturated rings. The first kappa shape index (κ1) is 14.8. The summed E-state index contributed by atoms with van der Waals surface area (Å²) in [5, 5.41) is 0. The number of nitrogens with zero attached hydrogens (tertiary/aromatic N) is 1. The number of rotatable bonds is 7. The standard InChI is InChI=1S/C16H21NO3/c1-3-4-10-19-12-15-17-14(11-18-2)16(20-15)13-8-6-5-7-9-13/h3-9,14,16H,10-12H2,1-2H3/b4-3+/t14-,16-/m0/s1. The molecule has 1 heterocycles. The van der Waals surface area contributed by atoms with E-state index >= 15 is 0 Å². The molecule has 1 aromatic rings. The minimum Gasteiger partial charge on any atom is -0.469 e. The van der Waals surface area contributed by atoms with Crippen LogP contribution in [0.5, 0.6) is 0 Å². The second kappa shape index (κ2) is 7.82. The van der Waals surface area contributed by atoms with Crippen molar-refractivity contribution in [2.75, 3.05) is 26.9 Å². The first-order valence-corrected chi connectivity index (χ1v) is 6.81. The molecule has 0 saturated carbocycles.